The van der Waals surface area contributed by atoms with Gasteiger partial charge >= 0.3 is 0 Å². The molecule has 2 unspecified atom stereocenters. The Balaban J connectivity index is 1.38. The van der Waals surface area contributed by atoms with Crippen LogP contribution in [0.2, 0.25) is 0 Å². The zero-order valence-electron chi connectivity index (χ0n) is 11.5. The Morgan fingerprint density at radius 1 is 1.16 bits per heavy atom. The third-order valence-corrected chi connectivity index (χ3v) is 4.30. The van der Waals surface area contributed by atoms with Crippen molar-refractivity contribution in [3.05, 3.63) is 42.0 Å². The fourth-order valence-electron chi connectivity index (χ4n) is 2.86. The fourth-order valence-corrected chi connectivity index (χ4v) is 2.86. The summed E-state index contributed by atoms with van der Waals surface area (Å²) in [6, 6.07) is 11.3. The fraction of sp³-hybridized carbons (Fsp3) is 0.529. The van der Waals surface area contributed by atoms with Crippen LogP contribution in [0, 0.1) is 11.8 Å². The molecule has 2 atom stereocenters. The quantitative estimate of drug-likeness (QED) is 0.846. The van der Waals surface area contributed by atoms with Crippen LogP contribution in [-0.4, -0.2) is 25.7 Å². The minimum Gasteiger partial charge on any atom is -0.317 e. The molecule has 19 heavy (non-hydrogen) atoms. The van der Waals surface area contributed by atoms with Crippen LogP contribution in [0.5, 0.6) is 0 Å². The second-order valence-corrected chi connectivity index (χ2v) is 5.88. The number of hydrogen-bond donors (Lipinski definition) is 2. The molecule has 0 bridgehead atoms. The molecule has 0 spiro atoms. The number of rotatable bonds is 5. The second kappa shape index (κ2) is 6.36. The van der Waals surface area contributed by atoms with Gasteiger partial charge in [0.1, 0.15) is 0 Å². The Bertz CT molecular complexity index is 407. The van der Waals surface area contributed by atoms with E-state index < -0.39 is 0 Å². The third kappa shape index (κ3) is 3.92. The van der Waals surface area contributed by atoms with Gasteiger partial charge in [-0.3, -0.25) is 0 Å². The van der Waals surface area contributed by atoms with Gasteiger partial charge in [0.25, 0.3) is 0 Å². The van der Waals surface area contributed by atoms with E-state index in [0.717, 1.165) is 17.9 Å². The normalized spacial score (nSPS) is 27.8. The maximum Gasteiger partial charge on any atom is 0.0137 e. The molecule has 0 amide bonds. The SMILES string of the molecule is C(=C/C1CC1NCC1CCNCC1)/c1ccccc1. The molecule has 2 nitrogen and oxygen atoms in total. The van der Waals surface area contributed by atoms with Crippen molar-refractivity contribution in [3.63, 3.8) is 0 Å². The predicted octanol–water partition coefficient (Wildman–Crippen LogP) is 2.68. The Kier molecular flexibility index (Phi) is 4.31. The van der Waals surface area contributed by atoms with Gasteiger partial charge < -0.3 is 10.6 Å². The van der Waals surface area contributed by atoms with E-state index in [4.69, 9.17) is 0 Å². The van der Waals surface area contributed by atoms with E-state index in [1.807, 2.05) is 0 Å². The number of piperidine rings is 1. The highest BCUT2D eigenvalue weighted by Crippen LogP contribution is 2.32. The van der Waals surface area contributed by atoms with E-state index in [-0.39, 0.29) is 0 Å². The van der Waals surface area contributed by atoms with Gasteiger partial charge in [-0.2, -0.15) is 0 Å². The van der Waals surface area contributed by atoms with Crippen LogP contribution in [0.1, 0.15) is 24.8 Å². The second-order valence-electron chi connectivity index (χ2n) is 5.88. The predicted molar refractivity (Wildman–Crippen MR) is 81.0 cm³/mol. The van der Waals surface area contributed by atoms with Gasteiger partial charge in [0.05, 0.1) is 0 Å². The minimum atomic E-state index is 0.731. The highest BCUT2D eigenvalue weighted by atomic mass is 15.0. The summed E-state index contributed by atoms with van der Waals surface area (Å²) in [5.74, 6) is 1.64. The van der Waals surface area contributed by atoms with Crippen molar-refractivity contribution in [2.45, 2.75) is 25.3 Å². The lowest BCUT2D eigenvalue weighted by atomic mass is 9.98. The Hall–Kier alpha value is -1.12. The van der Waals surface area contributed by atoms with E-state index in [1.54, 1.807) is 0 Å². The van der Waals surface area contributed by atoms with Crippen molar-refractivity contribution >= 4 is 6.08 Å². The molecule has 1 aliphatic heterocycles. The van der Waals surface area contributed by atoms with Crippen molar-refractivity contribution < 1.29 is 0 Å². The summed E-state index contributed by atoms with van der Waals surface area (Å²) in [4.78, 5) is 0. The maximum absolute atomic E-state index is 3.73. The molecule has 1 heterocycles. The number of benzene rings is 1. The van der Waals surface area contributed by atoms with Crippen molar-refractivity contribution in [1.82, 2.24) is 10.6 Å². The monoisotopic (exact) mass is 256 g/mol. The first kappa shape index (κ1) is 12.9. The first-order valence-corrected chi connectivity index (χ1v) is 7.59. The summed E-state index contributed by atoms with van der Waals surface area (Å²) in [5.41, 5.74) is 1.31. The van der Waals surface area contributed by atoms with E-state index in [1.165, 1.54) is 44.5 Å². The standard InChI is InChI=1S/C17H24N2/c1-2-4-14(5-3-1)6-7-16-12-17(16)19-13-15-8-10-18-11-9-15/h1-7,15-19H,8-13H2/b7-6-. The third-order valence-electron chi connectivity index (χ3n) is 4.30. The van der Waals surface area contributed by atoms with Gasteiger partial charge in [-0.15, -0.1) is 0 Å². The molecule has 1 aromatic carbocycles. The lowest BCUT2D eigenvalue weighted by Crippen LogP contribution is -2.34. The van der Waals surface area contributed by atoms with E-state index in [0.29, 0.717) is 0 Å². The first-order chi connectivity index (χ1) is 9.42. The van der Waals surface area contributed by atoms with Gasteiger partial charge in [-0.25, -0.2) is 0 Å². The largest absolute Gasteiger partial charge is 0.317 e. The summed E-state index contributed by atoms with van der Waals surface area (Å²) < 4.78 is 0. The molecule has 2 N–H and O–H groups in total. The van der Waals surface area contributed by atoms with Crippen LogP contribution in [0.15, 0.2) is 36.4 Å². The van der Waals surface area contributed by atoms with Gasteiger partial charge in [-0.05, 0) is 56.3 Å². The molecule has 2 fully saturated rings. The maximum atomic E-state index is 3.73. The molecule has 0 radical (unpaired) electrons. The highest BCUT2D eigenvalue weighted by molar-refractivity contribution is 5.49. The Morgan fingerprint density at radius 3 is 2.74 bits per heavy atom. The van der Waals surface area contributed by atoms with E-state index in [2.05, 4.69) is 53.1 Å². The van der Waals surface area contributed by atoms with Crippen molar-refractivity contribution in [2.24, 2.45) is 11.8 Å². The summed E-state index contributed by atoms with van der Waals surface area (Å²) in [6.45, 7) is 3.62. The van der Waals surface area contributed by atoms with E-state index >= 15 is 0 Å². The van der Waals surface area contributed by atoms with Gasteiger partial charge in [-0.1, -0.05) is 42.5 Å². The molecule has 2 heteroatoms. The molecule has 3 rings (SSSR count). The van der Waals surface area contributed by atoms with Gasteiger partial charge in [0, 0.05) is 6.04 Å². The summed E-state index contributed by atoms with van der Waals surface area (Å²) in [7, 11) is 0. The van der Waals surface area contributed by atoms with E-state index in [9.17, 15) is 0 Å². The summed E-state index contributed by atoms with van der Waals surface area (Å²) in [6.07, 6.45) is 8.62. The van der Waals surface area contributed by atoms with Crippen molar-refractivity contribution in [3.8, 4) is 0 Å². The van der Waals surface area contributed by atoms with Crippen LogP contribution in [0.25, 0.3) is 6.08 Å². The van der Waals surface area contributed by atoms with Crippen LogP contribution in [0.4, 0.5) is 0 Å². The zero-order valence-corrected chi connectivity index (χ0v) is 11.5. The lowest BCUT2D eigenvalue weighted by Gasteiger charge is -2.22. The summed E-state index contributed by atoms with van der Waals surface area (Å²) in [5, 5.41) is 7.16. The van der Waals surface area contributed by atoms with Crippen molar-refractivity contribution in [1.29, 1.82) is 0 Å². The zero-order chi connectivity index (χ0) is 12.9. The van der Waals surface area contributed by atoms with Gasteiger partial charge in [0.2, 0.25) is 0 Å². The molecule has 102 valence electrons. The molecule has 1 aromatic rings. The minimum absolute atomic E-state index is 0.731. The molecule has 0 aromatic heterocycles. The number of hydrogen-bond acceptors (Lipinski definition) is 2. The topological polar surface area (TPSA) is 24.1 Å². The average molecular weight is 256 g/mol. The highest BCUT2D eigenvalue weighted by Gasteiger charge is 2.34. The van der Waals surface area contributed by atoms with Crippen LogP contribution >= 0.6 is 0 Å². The Morgan fingerprint density at radius 2 is 1.95 bits per heavy atom. The smallest absolute Gasteiger partial charge is 0.0137 e. The molecule has 2 aliphatic rings. The van der Waals surface area contributed by atoms with Crippen LogP contribution in [-0.2, 0) is 0 Å². The Labute approximate surface area is 116 Å². The molecule has 1 aliphatic carbocycles. The van der Waals surface area contributed by atoms with Crippen LogP contribution in [0.3, 0.4) is 0 Å². The van der Waals surface area contributed by atoms with Crippen LogP contribution < -0.4 is 10.6 Å². The van der Waals surface area contributed by atoms with Crippen molar-refractivity contribution in [2.75, 3.05) is 19.6 Å². The van der Waals surface area contributed by atoms with Gasteiger partial charge in [0.15, 0.2) is 0 Å². The molecular formula is C17H24N2. The lowest BCUT2D eigenvalue weighted by molar-refractivity contribution is 0.355. The first-order valence-electron chi connectivity index (χ1n) is 7.59. The molecular weight excluding hydrogens is 232 g/mol. The number of nitrogens with one attached hydrogen (secondary N) is 2. The molecule has 1 saturated heterocycles. The average Bonchev–Trinajstić information content (AvgIpc) is 3.24. The summed E-state index contributed by atoms with van der Waals surface area (Å²) >= 11 is 0. The molecule has 1 saturated carbocycles.